The highest BCUT2D eigenvalue weighted by atomic mass is 32.1. The number of rotatable bonds is 7. The number of nitrogens with zero attached hydrogens (tertiary/aromatic N) is 2. The van der Waals surface area contributed by atoms with Crippen molar-refractivity contribution in [3.05, 3.63) is 34.8 Å². The molecule has 0 spiro atoms. The van der Waals surface area contributed by atoms with Crippen LogP contribution < -0.4 is 15.8 Å². The zero-order chi connectivity index (χ0) is 14.4. The van der Waals surface area contributed by atoms with Gasteiger partial charge in [-0.15, -0.1) is 10.2 Å². The Kier molecular flexibility index (Phi) is 5.31. The van der Waals surface area contributed by atoms with E-state index < -0.39 is 0 Å². The Hall–Kier alpha value is -1.66. The minimum atomic E-state index is 0.396. The van der Waals surface area contributed by atoms with Crippen LogP contribution in [0.4, 0.5) is 5.13 Å². The van der Waals surface area contributed by atoms with E-state index in [-0.39, 0.29) is 0 Å². The minimum Gasteiger partial charge on any atom is -0.497 e. The molecular formula is C14H20N4OS. The number of nitrogens with two attached hydrogens (primary N) is 1. The number of anilines is 1. The van der Waals surface area contributed by atoms with E-state index >= 15 is 0 Å². The molecule has 2 rings (SSSR count). The lowest BCUT2D eigenvalue weighted by Gasteiger charge is -2.13. The Balaban J connectivity index is 1.75. The number of hydrogen-bond donors (Lipinski definition) is 2. The van der Waals surface area contributed by atoms with Crippen LogP contribution in [0, 0.1) is 0 Å². The van der Waals surface area contributed by atoms with Crippen LogP contribution in [-0.2, 0) is 12.8 Å². The highest BCUT2D eigenvalue weighted by molar-refractivity contribution is 7.15. The Morgan fingerprint density at radius 2 is 2.25 bits per heavy atom. The summed E-state index contributed by atoms with van der Waals surface area (Å²) in [5.41, 5.74) is 6.82. The molecule has 1 aromatic heterocycles. The maximum atomic E-state index is 5.55. The molecule has 0 bridgehead atoms. The van der Waals surface area contributed by atoms with Gasteiger partial charge in [0.25, 0.3) is 0 Å². The summed E-state index contributed by atoms with van der Waals surface area (Å²) in [6, 6.07) is 8.56. The van der Waals surface area contributed by atoms with Crippen molar-refractivity contribution in [1.29, 1.82) is 0 Å². The molecule has 0 amide bonds. The first-order chi connectivity index (χ1) is 9.67. The predicted octanol–water partition coefficient (Wildman–Crippen LogP) is 1.89. The fourth-order valence-electron chi connectivity index (χ4n) is 2.02. The smallest absolute Gasteiger partial charge is 0.203 e. The van der Waals surface area contributed by atoms with Gasteiger partial charge in [-0.3, -0.25) is 0 Å². The molecule has 0 saturated carbocycles. The van der Waals surface area contributed by atoms with Crippen LogP contribution in [0.25, 0.3) is 0 Å². The first-order valence-corrected chi connectivity index (χ1v) is 7.43. The van der Waals surface area contributed by atoms with Crippen molar-refractivity contribution >= 4 is 16.5 Å². The number of ether oxygens (including phenoxy) is 1. The molecule has 2 aromatic rings. The van der Waals surface area contributed by atoms with Gasteiger partial charge in [-0.05, 0) is 31.0 Å². The van der Waals surface area contributed by atoms with Crippen molar-refractivity contribution in [2.75, 3.05) is 19.4 Å². The summed E-state index contributed by atoms with van der Waals surface area (Å²) >= 11 is 1.45. The maximum Gasteiger partial charge on any atom is 0.203 e. The van der Waals surface area contributed by atoms with Gasteiger partial charge in [-0.25, -0.2) is 0 Å². The van der Waals surface area contributed by atoms with Crippen LogP contribution in [0.3, 0.4) is 0 Å². The summed E-state index contributed by atoms with van der Waals surface area (Å²) in [6.45, 7) is 3.05. The number of hydrogen-bond acceptors (Lipinski definition) is 6. The quantitative estimate of drug-likeness (QED) is 0.815. The van der Waals surface area contributed by atoms with Gasteiger partial charge >= 0.3 is 0 Å². The molecule has 1 heterocycles. The molecule has 6 heteroatoms. The summed E-state index contributed by atoms with van der Waals surface area (Å²) in [6.07, 6.45) is 1.83. The molecule has 0 aliphatic rings. The van der Waals surface area contributed by atoms with Crippen LogP contribution in [0.15, 0.2) is 24.3 Å². The molecule has 5 nitrogen and oxygen atoms in total. The van der Waals surface area contributed by atoms with E-state index in [4.69, 9.17) is 10.5 Å². The Labute approximate surface area is 123 Å². The second-order valence-electron chi connectivity index (χ2n) is 4.69. The number of nitrogen functional groups attached to an aromatic ring is 1. The van der Waals surface area contributed by atoms with Crippen LogP contribution in [0.1, 0.15) is 17.5 Å². The zero-order valence-corrected chi connectivity index (χ0v) is 12.6. The molecule has 0 fully saturated rings. The average Bonchev–Trinajstić information content (AvgIpc) is 2.84. The van der Waals surface area contributed by atoms with Crippen molar-refractivity contribution in [2.24, 2.45) is 0 Å². The molecule has 0 aliphatic heterocycles. The summed E-state index contributed by atoms with van der Waals surface area (Å²) < 4.78 is 5.23. The molecule has 0 saturated heterocycles. The fraction of sp³-hybridized carbons (Fsp3) is 0.429. The predicted molar refractivity (Wildman–Crippen MR) is 82.2 cm³/mol. The first kappa shape index (κ1) is 14.7. The molecule has 1 aromatic carbocycles. The van der Waals surface area contributed by atoms with Crippen molar-refractivity contribution in [1.82, 2.24) is 15.5 Å². The van der Waals surface area contributed by atoms with Crippen LogP contribution >= 0.6 is 11.3 Å². The third kappa shape index (κ3) is 4.47. The summed E-state index contributed by atoms with van der Waals surface area (Å²) in [4.78, 5) is 0. The molecule has 108 valence electrons. The SMILES string of the molecule is COc1cccc(C[C@H](C)NCCc2nnc(N)s2)c1. The first-order valence-electron chi connectivity index (χ1n) is 6.61. The summed E-state index contributed by atoms with van der Waals surface area (Å²) in [7, 11) is 1.69. The van der Waals surface area contributed by atoms with Gasteiger partial charge in [0.05, 0.1) is 7.11 Å². The second kappa shape index (κ2) is 7.21. The molecule has 0 aliphatic carbocycles. The van der Waals surface area contributed by atoms with E-state index in [9.17, 15) is 0 Å². The van der Waals surface area contributed by atoms with Gasteiger partial charge in [0.15, 0.2) is 0 Å². The third-order valence-corrected chi connectivity index (χ3v) is 3.80. The third-order valence-electron chi connectivity index (χ3n) is 2.99. The van der Waals surface area contributed by atoms with Crippen molar-refractivity contribution < 1.29 is 4.74 Å². The standard InChI is InChI=1S/C14H20N4OS/c1-10(8-11-4-3-5-12(9-11)19-2)16-7-6-13-17-18-14(15)20-13/h3-5,9-10,16H,6-8H2,1-2H3,(H2,15,18)/t10-/m0/s1. The highest BCUT2D eigenvalue weighted by Gasteiger charge is 2.05. The minimum absolute atomic E-state index is 0.396. The number of nitrogens with one attached hydrogen (secondary N) is 1. The van der Waals surface area contributed by atoms with E-state index in [0.29, 0.717) is 11.2 Å². The lowest BCUT2D eigenvalue weighted by molar-refractivity contribution is 0.414. The van der Waals surface area contributed by atoms with E-state index in [1.165, 1.54) is 16.9 Å². The Morgan fingerprint density at radius 3 is 2.95 bits per heavy atom. The van der Waals surface area contributed by atoms with Crippen LogP contribution in [0.2, 0.25) is 0 Å². The van der Waals surface area contributed by atoms with E-state index in [0.717, 1.165) is 30.1 Å². The highest BCUT2D eigenvalue weighted by Crippen LogP contribution is 2.14. The topological polar surface area (TPSA) is 73.1 Å². The largest absolute Gasteiger partial charge is 0.497 e. The average molecular weight is 292 g/mol. The monoisotopic (exact) mass is 292 g/mol. The van der Waals surface area contributed by atoms with E-state index in [1.54, 1.807) is 7.11 Å². The molecule has 0 unspecified atom stereocenters. The molecule has 20 heavy (non-hydrogen) atoms. The number of methoxy groups -OCH3 is 1. The second-order valence-corrected chi connectivity index (χ2v) is 5.79. The molecular weight excluding hydrogens is 272 g/mol. The Bertz CT molecular complexity index is 543. The normalized spacial score (nSPS) is 12.3. The molecule has 1 atom stereocenters. The van der Waals surface area contributed by atoms with Crippen molar-refractivity contribution in [3.8, 4) is 5.75 Å². The van der Waals surface area contributed by atoms with Crippen molar-refractivity contribution in [3.63, 3.8) is 0 Å². The van der Waals surface area contributed by atoms with Gasteiger partial charge in [0.2, 0.25) is 5.13 Å². The van der Waals surface area contributed by atoms with Gasteiger partial charge in [-0.2, -0.15) is 0 Å². The van der Waals surface area contributed by atoms with E-state index in [2.05, 4.69) is 34.6 Å². The fourth-order valence-corrected chi connectivity index (χ4v) is 2.63. The lowest BCUT2D eigenvalue weighted by Crippen LogP contribution is -2.29. The summed E-state index contributed by atoms with van der Waals surface area (Å²) in [5, 5.41) is 12.8. The van der Waals surface area contributed by atoms with Crippen molar-refractivity contribution in [2.45, 2.75) is 25.8 Å². The lowest BCUT2D eigenvalue weighted by atomic mass is 10.1. The van der Waals surface area contributed by atoms with Gasteiger partial charge in [0, 0.05) is 19.0 Å². The molecule has 0 radical (unpaired) electrons. The zero-order valence-electron chi connectivity index (χ0n) is 11.8. The van der Waals surface area contributed by atoms with Crippen LogP contribution in [-0.4, -0.2) is 29.9 Å². The summed E-state index contributed by atoms with van der Waals surface area (Å²) in [5.74, 6) is 0.902. The Morgan fingerprint density at radius 1 is 1.40 bits per heavy atom. The van der Waals surface area contributed by atoms with Gasteiger partial charge in [-0.1, -0.05) is 23.5 Å². The van der Waals surface area contributed by atoms with Gasteiger partial charge in [0.1, 0.15) is 10.8 Å². The maximum absolute atomic E-state index is 5.55. The molecule has 3 N–H and O–H groups in total. The van der Waals surface area contributed by atoms with E-state index in [1.807, 2.05) is 12.1 Å². The number of aromatic nitrogens is 2. The van der Waals surface area contributed by atoms with Gasteiger partial charge < -0.3 is 15.8 Å². The number of benzene rings is 1. The van der Waals surface area contributed by atoms with Crippen LogP contribution in [0.5, 0.6) is 5.75 Å².